The minimum absolute atomic E-state index is 0.0209. The topological polar surface area (TPSA) is 54.5 Å². The highest BCUT2D eigenvalue weighted by Gasteiger charge is 2.33. The molecule has 7 heteroatoms. The average Bonchev–Trinajstić information content (AvgIpc) is 3.18. The Labute approximate surface area is 166 Å². The van der Waals surface area contributed by atoms with E-state index in [0.29, 0.717) is 23.7 Å². The standard InChI is InChI=1S/C20H18ClN3O2S/c1-26-11-10-24-18(22-16-5-3-2-4-15(16)20(24)25)17-12-27-19(23-17)13-6-8-14(21)9-7-13/h2-9,12,18,22H,10-11H2,1H3/t18-/m0/s1. The van der Waals surface area contributed by atoms with Crippen molar-refractivity contribution in [2.45, 2.75) is 6.17 Å². The summed E-state index contributed by atoms with van der Waals surface area (Å²) in [7, 11) is 1.63. The van der Waals surface area contributed by atoms with Crippen molar-refractivity contribution in [3.05, 3.63) is 70.2 Å². The molecule has 0 unspecified atom stereocenters. The lowest BCUT2D eigenvalue weighted by Crippen LogP contribution is -2.44. The molecule has 3 aromatic rings. The lowest BCUT2D eigenvalue weighted by molar-refractivity contribution is 0.0606. The average molecular weight is 400 g/mol. The first-order chi connectivity index (χ1) is 13.2. The molecule has 0 spiro atoms. The highest BCUT2D eigenvalue weighted by molar-refractivity contribution is 7.13. The van der Waals surface area contributed by atoms with E-state index < -0.39 is 0 Å². The summed E-state index contributed by atoms with van der Waals surface area (Å²) in [6.45, 7) is 0.940. The van der Waals surface area contributed by atoms with Gasteiger partial charge < -0.3 is 15.0 Å². The van der Waals surface area contributed by atoms with Gasteiger partial charge in [-0.3, -0.25) is 4.79 Å². The maximum Gasteiger partial charge on any atom is 0.257 e. The van der Waals surface area contributed by atoms with Gasteiger partial charge in [-0.1, -0.05) is 35.9 Å². The first-order valence-electron chi connectivity index (χ1n) is 8.54. The van der Waals surface area contributed by atoms with E-state index in [0.717, 1.165) is 22.0 Å². The zero-order chi connectivity index (χ0) is 18.8. The molecule has 5 nitrogen and oxygen atoms in total. The number of hydrogen-bond acceptors (Lipinski definition) is 5. The Morgan fingerprint density at radius 3 is 2.78 bits per heavy atom. The number of anilines is 1. The highest BCUT2D eigenvalue weighted by atomic mass is 35.5. The Balaban J connectivity index is 1.68. The van der Waals surface area contributed by atoms with Crippen LogP contribution in [0.5, 0.6) is 0 Å². The van der Waals surface area contributed by atoms with Crippen LogP contribution in [0, 0.1) is 0 Å². The van der Waals surface area contributed by atoms with Crippen LogP contribution in [-0.4, -0.2) is 36.1 Å². The quantitative estimate of drug-likeness (QED) is 0.677. The molecule has 1 aromatic heterocycles. The molecule has 0 radical (unpaired) electrons. The number of hydrogen-bond donors (Lipinski definition) is 1. The molecule has 0 fully saturated rings. The van der Waals surface area contributed by atoms with E-state index in [1.54, 1.807) is 23.3 Å². The second-order valence-electron chi connectivity index (χ2n) is 6.17. The summed E-state index contributed by atoms with van der Waals surface area (Å²) in [6.07, 6.45) is -0.333. The summed E-state index contributed by atoms with van der Waals surface area (Å²) < 4.78 is 5.20. The maximum absolute atomic E-state index is 13.0. The van der Waals surface area contributed by atoms with Gasteiger partial charge in [0.05, 0.1) is 17.9 Å². The number of nitrogens with one attached hydrogen (secondary N) is 1. The SMILES string of the molecule is COCCN1C(=O)c2ccccc2N[C@@H]1c1csc(-c2ccc(Cl)cc2)n1. The number of carbonyl (C=O) groups excluding carboxylic acids is 1. The lowest BCUT2D eigenvalue weighted by Gasteiger charge is -2.36. The monoisotopic (exact) mass is 399 g/mol. The number of para-hydroxylation sites is 1. The minimum Gasteiger partial charge on any atom is -0.383 e. The molecule has 0 saturated carbocycles. The Morgan fingerprint density at radius 2 is 2.00 bits per heavy atom. The third-order valence-electron chi connectivity index (χ3n) is 4.45. The van der Waals surface area contributed by atoms with Gasteiger partial charge in [-0.05, 0) is 24.3 Å². The van der Waals surface area contributed by atoms with Crippen LogP contribution in [0.25, 0.3) is 10.6 Å². The van der Waals surface area contributed by atoms with Gasteiger partial charge in [-0.25, -0.2) is 4.98 Å². The van der Waals surface area contributed by atoms with E-state index in [1.165, 1.54) is 0 Å². The number of thiazole rings is 1. The smallest absolute Gasteiger partial charge is 0.257 e. The molecule has 1 amide bonds. The predicted molar refractivity (Wildman–Crippen MR) is 108 cm³/mol. The molecular formula is C20H18ClN3O2S. The molecule has 1 atom stereocenters. The number of nitrogens with zero attached hydrogens (tertiary/aromatic N) is 2. The number of aromatic nitrogens is 1. The Morgan fingerprint density at radius 1 is 1.22 bits per heavy atom. The van der Waals surface area contributed by atoms with E-state index >= 15 is 0 Å². The van der Waals surface area contributed by atoms with E-state index in [2.05, 4.69) is 5.32 Å². The lowest BCUT2D eigenvalue weighted by atomic mass is 10.1. The first kappa shape index (κ1) is 18.0. The largest absolute Gasteiger partial charge is 0.383 e. The van der Waals surface area contributed by atoms with E-state index in [1.807, 2.05) is 53.9 Å². The molecular weight excluding hydrogens is 382 g/mol. The van der Waals surface area contributed by atoms with Crippen molar-refractivity contribution in [3.8, 4) is 10.6 Å². The highest BCUT2D eigenvalue weighted by Crippen LogP contribution is 2.35. The van der Waals surface area contributed by atoms with Crippen LogP contribution in [0.1, 0.15) is 22.2 Å². The summed E-state index contributed by atoms with van der Waals surface area (Å²) in [5, 5.41) is 7.02. The third kappa shape index (κ3) is 3.56. The van der Waals surface area contributed by atoms with Crippen LogP contribution in [0.4, 0.5) is 5.69 Å². The van der Waals surface area contributed by atoms with Crippen LogP contribution in [-0.2, 0) is 4.74 Å². The Kier molecular flexibility index (Phi) is 5.11. The van der Waals surface area contributed by atoms with Crippen molar-refractivity contribution in [2.24, 2.45) is 0 Å². The molecule has 4 rings (SSSR count). The molecule has 2 heterocycles. The van der Waals surface area contributed by atoms with Gasteiger partial charge in [0.2, 0.25) is 0 Å². The Hall–Kier alpha value is -2.41. The summed E-state index contributed by atoms with van der Waals surface area (Å²) in [5.41, 5.74) is 3.30. The van der Waals surface area contributed by atoms with Crippen LogP contribution in [0.2, 0.25) is 5.02 Å². The van der Waals surface area contributed by atoms with Crippen molar-refractivity contribution in [2.75, 3.05) is 25.6 Å². The second-order valence-corrected chi connectivity index (χ2v) is 7.46. The van der Waals surface area contributed by atoms with Crippen molar-refractivity contribution in [1.29, 1.82) is 0 Å². The molecule has 1 aliphatic rings. The van der Waals surface area contributed by atoms with Gasteiger partial charge in [0.15, 0.2) is 0 Å². The van der Waals surface area contributed by atoms with E-state index in [9.17, 15) is 4.79 Å². The second kappa shape index (κ2) is 7.68. The number of methoxy groups -OCH3 is 1. The number of carbonyl (C=O) groups is 1. The summed E-state index contributed by atoms with van der Waals surface area (Å²) in [6, 6.07) is 15.1. The molecule has 2 aromatic carbocycles. The van der Waals surface area contributed by atoms with Crippen molar-refractivity contribution in [3.63, 3.8) is 0 Å². The van der Waals surface area contributed by atoms with Crippen LogP contribution >= 0.6 is 22.9 Å². The molecule has 138 valence electrons. The normalized spacial score (nSPS) is 16.1. The number of ether oxygens (including phenoxy) is 1. The Bertz CT molecular complexity index is 958. The van der Waals surface area contributed by atoms with E-state index in [4.69, 9.17) is 21.3 Å². The van der Waals surface area contributed by atoms with Crippen LogP contribution in [0.15, 0.2) is 53.9 Å². The van der Waals surface area contributed by atoms with Gasteiger partial charge in [0.1, 0.15) is 11.2 Å². The first-order valence-corrected chi connectivity index (χ1v) is 9.80. The number of rotatable bonds is 5. The fourth-order valence-electron chi connectivity index (χ4n) is 3.08. The van der Waals surface area contributed by atoms with Gasteiger partial charge >= 0.3 is 0 Å². The molecule has 1 aliphatic heterocycles. The number of amides is 1. The molecule has 1 N–H and O–H groups in total. The maximum atomic E-state index is 13.0. The fourth-order valence-corrected chi connectivity index (χ4v) is 4.05. The number of benzene rings is 2. The van der Waals surface area contributed by atoms with Gasteiger partial charge in [-0.15, -0.1) is 11.3 Å². The zero-order valence-electron chi connectivity index (χ0n) is 14.7. The zero-order valence-corrected chi connectivity index (χ0v) is 16.3. The van der Waals surface area contributed by atoms with E-state index in [-0.39, 0.29) is 12.1 Å². The summed E-state index contributed by atoms with van der Waals surface area (Å²) in [5.74, 6) is -0.0209. The van der Waals surface area contributed by atoms with Crippen LogP contribution in [0.3, 0.4) is 0 Å². The third-order valence-corrected chi connectivity index (χ3v) is 5.61. The fraction of sp³-hybridized carbons (Fsp3) is 0.200. The van der Waals surface area contributed by atoms with Crippen molar-refractivity contribution >= 4 is 34.5 Å². The number of halogens is 1. The minimum atomic E-state index is -0.333. The van der Waals surface area contributed by atoms with Crippen molar-refractivity contribution in [1.82, 2.24) is 9.88 Å². The molecule has 0 saturated heterocycles. The molecule has 0 aliphatic carbocycles. The van der Waals surface area contributed by atoms with Gasteiger partial charge in [0.25, 0.3) is 5.91 Å². The van der Waals surface area contributed by atoms with Crippen molar-refractivity contribution < 1.29 is 9.53 Å². The van der Waals surface area contributed by atoms with Gasteiger partial charge in [-0.2, -0.15) is 0 Å². The number of fused-ring (bicyclic) bond motifs is 1. The van der Waals surface area contributed by atoms with Crippen LogP contribution < -0.4 is 5.32 Å². The molecule has 27 heavy (non-hydrogen) atoms. The summed E-state index contributed by atoms with van der Waals surface area (Å²) >= 11 is 7.52. The predicted octanol–water partition coefficient (Wildman–Crippen LogP) is 4.68. The summed E-state index contributed by atoms with van der Waals surface area (Å²) in [4.78, 5) is 19.6. The molecule has 0 bridgehead atoms. The van der Waals surface area contributed by atoms with Gasteiger partial charge in [0, 0.05) is 35.3 Å².